The molecular formula is C56H61Cl4N9O3. The number of carbonyl (C=O) groups excluding carboxylic acids is 2. The Morgan fingerprint density at radius 1 is 0.569 bits per heavy atom. The molecule has 6 aromatic rings. The highest BCUT2D eigenvalue weighted by Gasteiger charge is 2.36. The number of amides is 2. The van der Waals surface area contributed by atoms with Crippen molar-refractivity contribution in [3.05, 3.63) is 162 Å². The third kappa shape index (κ3) is 12.7. The number of carbonyl (C=O) groups is 2. The van der Waals surface area contributed by atoms with Crippen LogP contribution in [0.2, 0.25) is 20.1 Å². The summed E-state index contributed by atoms with van der Waals surface area (Å²) in [7, 11) is 0. The van der Waals surface area contributed by atoms with E-state index in [0.717, 1.165) is 142 Å². The molecule has 6 heterocycles. The van der Waals surface area contributed by atoms with E-state index >= 15 is 0 Å². The van der Waals surface area contributed by atoms with E-state index in [1.54, 1.807) is 12.4 Å². The van der Waals surface area contributed by atoms with Crippen LogP contribution in [0.3, 0.4) is 0 Å². The van der Waals surface area contributed by atoms with Crippen molar-refractivity contribution in [3.8, 4) is 0 Å². The molecule has 2 amide bonds. The average molecular weight is 1050 g/mol. The summed E-state index contributed by atoms with van der Waals surface area (Å²) in [6, 6.07) is 31.8. The maximum Gasteiger partial charge on any atom is 0.253 e. The Morgan fingerprint density at radius 2 is 1.03 bits per heavy atom. The SMILES string of the molecule is O=C(c1ccc2ncccc2c1)N1CCC(N2CC[C@H](Cc3ccc(Cl)c(Cl)c3)[C@H](CO)C2)CC1.[N-]=[N+]=NC[C@@H]1CN(C2CCN(C(=O)c3ccc4ncccc4c3)CC2)CC[C@@H]1Cc1ccc(Cl)c(Cl)c1. The number of halogens is 4. The summed E-state index contributed by atoms with van der Waals surface area (Å²) >= 11 is 24.6. The van der Waals surface area contributed by atoms with Crippen molar-refractivity contribution in [2.45, 2.75) is 63.5 Å². The molecule has 0 spiro atoms. The van der Waals surface area contributed by atoms with Crippen molar-refractivity contribution < 1.29 is 14.7 Å². The summed E-state index contributed by atoms with van der Waals surface area (Å²) in [6.45, 7) is 7.55. The largest absolute Gasteiger partial charge is 0.396 e. The lowest BCUT2D eigenvalue weighted by Gasteiger charge is -2.45. The molecule has 1 N–H and O–H groups in total. The van der Waals surface area contributed by atoms with E-state index in [4.69, 9.17) is 51.9 Å². The molecule has 4 aliphatic heterocycles. The van der Waals surface area contributed by atoms with E-state index in [-0.39, 0.29) is 30.3 Å². The zero-order valence-electron chi connectivity index (χ0n) is 40.4. The molecule has 0 aliphatic carbocycles. The smallest absolute Gasteiger partial charge is 0.253 e. The number of hydrogen-bond donors (Lipinski definition) is 1. The van der Waals surface area contributed by atoms with Crippen molar-refractivity contribution in [3.63, 3.8) is 0 Å². The van der Waals surface area contributed by atoms with Crippen molar-refractivity contribution in [2.75, 3.05) is 65.5 Å². The topological polar surface area (TPSA) is 142 Å². The van der Waals surface area contributed by atoms with Gasteiger partial charge in [0.15, 0.2) is 0 Å². The number of rotatable bonds is 11. The highest BCUT2D eigenvalue weighted by molar-refractivity contribution is 6.42. The normalized spacial score (nSPS) is 21.5. The second-order valence-corrected chi connectivity index (χ2v) is 21.6. The molecular weight excluding hydrogens is 988 g/mol. The number of pyridine rings is 2. The molecule has 376 valence electrons. The minimum atomic E-state index is 0.0887. The van der Waals surface area contributed by atoms with Gasteiger partial charge in [0.2, 0.25) is 0 Å². The lowest BCUT2D eigenvalue weighted by Crippen LogP contribution is -2.52. The fourth-order valence-corrected chi connectivity index (χ4v) is 12.2. The van der Waals surface area contributed by atoms with Crippen LogP contribution in [0.25, 0.3) is 32.2 Å². The number of azide groups is 1. The number of likely N-dealkylation sites (tertiary alicyclic amines) is 4. The zero-order chi connectivity index (χ0) is 50.1. The van der Waals surface area contributed by atoms with Gasteiger partial charge in [0.05, 0.1) is 31.1 Å². The average Bonchev–Trinajstić information content (AvgIpc) is 3.42. The van der Waals surface area contributed by atoms with Crippen molar-refractivity contribution in [1.29, 1.82) is 0 Å². The zero-order valence-corrected chi connectivity index (χ0v) is 43.4. The van der Waals surface area contributed by atoms with Crippen LogP contribution in [-0.2, 0) is 12.8 Å². The number of fused-ring (bicyclic) bond motifs is 2. The number of benzene rings is 4. The predicted octanol–water partition coefficient (Wildman–Crippen LogP) is 12.0. The second-order valence-electron chi connectivity index (χ2n) is 20.0. The molecule has 72 heavy (non-hydrogen) atoms. The van der Waals surface area contributed by atoms with Crippen LogP contribution in [0.4, 0.5) is 0 Å². The molecule has 12 nitrogen and oxygen atoms in total. The minimum Gasteiger partial charge on any atom is -0.396 e. The van der Waals surface area contributed by atoms with Crippen molar-refractivity contribution in [1.82, 2.24) is 29.6 Å². The van der Waals surface area contributed by atoms with E-state index in [9.17, 15) is 14.7 Å². The van der Waals surface area contributed by atoms with Gasteiger partial charge in [-0.25, -0.2) is 0 Å². The van der Waals surface area contributed by atoms with Gasteiger partial charge in [-0.1, -0.05) is 75.8 Å². The lowest BCUT2D eigenvalue weighted by atomic mass is 9.80. The maximum absolute atomic E-state index is 13.2. The van der Waals surface area contributed by atoms with Gasteiger partial charge in [-0.15, -0.1) is 0 Å². The van der Waals surface area contributed by atoms with Crippen LogP contribution in [0.5, 0.6) is 0 Å². The fourth-order valence-electron chi connectivity index (χ4n) is 11.6. The van der Waals surface area contributed by atoms with E-state index in [1.807, 2.05) is 107 Å². The number of nitrogens with zero attached hydrogens (tertiary/aromatic N) is 9. The number of piperidine rings is 4. The third-order valence-corrected chi connectivity index (χ3v) is 17.1. The van der Waals surface area contributed by atoms with E-state index in [0.29, 0.717) is 50.6 Å². The van der Waals surface area contributed by atoms with Gasteiger partial charge in [0.1, 0.15) is 0 Å². The molecule has 0 saturated carbocycles. The molecule has 4 atom stereocenters. The van der Waals surface area contributed by atoms with Gasteiger partial charge >= 0.3 is 0 Å². The van der Waals surface area contributed by atoms with Crippen molar-refractivity contribution >= 4 is 80.0 Å². The Kier molecular flexibility index (Phi) is 17.5. The number of aliphatic hydroxyl groups excluding tert-OH is 1. The first-order chi connectivity index (χ1) is 35.0. The highest BCUT2D eigenvalue weighted by Crippen LogP contribution is 2.35. The van der Waals surface area contributed by atoms with Gasteiger partial charge in [-0.05, 0) is 178 Å². The molecule has 2 aromatic heterocycles. The summed E-state index contributed by atoms with van der Waals surface area (Å²) < 4.78 is 0. The number of aliphatic hydroxyl groups is 1. The number of aromatic nitrogens is 2. The Morgan fingerprint density at radius 3 is 1.47 bits per heavy atom. The first kappa shape index (κ1) is 51.9. The summed E-state index contributed by atoms with van der Waals surface area (Å²) in [5, 5.41) is 18.4. The van der Waals surface area contributed by atoms with E-state index < -0.39 is 0 Å². The molecule has 4 aliphatic rings. The van der Waals surface area contributed by atoms with Gasteiger partial charge in [-0.2, -0.15) is 0 Å². The van der Waals surface area contributed by atoms with Crippen LogP contribution in [-0.4, -0.2) is 124 Å². The quantitative estimate of drug-likeness (QED) is 0.0773. The van der Waals surface area contributed by atoms with Gasteiger partial charge in [0.25, 0.3) is 11.8 Å². The summed E-state index contributed by atoms with van der Waals surface area (Å²) in [5.41, 5.74) is 14.5. The molecule has 16 heteroatoms. The molecule has 10 rings (SSSR count). The van der Waals surface area contributed by atoms with Crippen LogP contribution in [0.1, 0.15) is 70.4 Å². The van der Waals surface area contributed by atoms with E-state index in [2.05, 4.69) is 29.8 Å². The van der Waals surface area contributed by atoms with Crippen LogP contribution in [0, 0.1) is 23.7 Å². The van der Waals surface area contributed by atoms with Gasteiger partial charge in [0, 0.05) is 104 Å². The lowest BCUT2D eigenvalue weighted by molar-refractivity contribution is 0.0242. The second kappa shape index (κ2) is 24.3. The highest BCUT2D eigenvalue weighted by atomic mass is 35.5. The van der Waals surface area contributed by atoms with E-state index in [1.165, 1.54) is 5.56 Å². The van der Waals surface area contributed by atoms with Gasteiger partial charge in [-0.3, -0.25) is 29.4 Å². The molecule has 0 unspecified atom stereocenters. The van der Waals surface area contributed by atoms with Crippen LogP contribution in [0.15, 0.2) is 115 Å². The maximum atomic E-state index is 13.2. The molecule has 0 bridgehead atoms. The standard InChI is InChI=1S/C28H30Cl2N6O.C28H31Cl2N3O2/c29-25-5-3-19(15-26(25)30)14-20-7-11-36(18-23(20)17-33-34-31)24-8-12-35(13-9-24)28(37)22-4-6-27-21(16-22)2-1-10-32-27;29-25-5-3-19(15-26(25)30)14-20-7-11-33(17-23(20)18-34)24-8-12-32(13-9-24)28(35)22-4-6-27-21(16-22)2-1-10-31-27/h1-6,10,15-16,20,23-24H,7-9,11-14,17-18H2;1-6,10,15-16,20,23-24,34H,7-9,11-14,17-18H2/t20-,23-;20-,23+/m11/s1. The Balaban J connectivity index is 0.000000178. The monoisotopic (exact) mass is 1050 g/mol. The molecule has 4 saturated heterocycles. The van der Waals surface area contributed by atoms with Crippen LogP contribution < -0.4 is 0 Å². The Labute approximate surface area is 441 Å². The van der Waals surface area contributed by atoms with Gasteiger partial charge < -0.3 is 14.9 Å². The first-order valence-corrected chi connectivity index (χ1v) is 26.8. The Bertz CT molecular complexity index is 2900. The van der Waals surface area contributed by atoms with Crippen LogP contribution >= 0.6 is 46.4 Å². The summed E-state index contributed by atoms with van der Waals surface area (Å²) in [4.78, 5) is 47.1. The first-order valence-electron chi connectivity index (χ1n) is 25.3. The number of hydrogen-bond acceptors (Lipinski definition) is 8. The summed E-state index contributed by atoms with van der Waals surface area (Å²) in [6.07, 6.45) is 11.3. The molecule has 4 aromatic carbocycles. The molecule has 0 radical (unpaired) electrons. The summed E-state index contributed by atoms with van der Waals surface area (Å²) in [5.74, 6) is 1.56. The Hall–Kier alpha value is -5.01. The minimum absolute atomic E-state index is 0.0887. The van der Waals surface area contributed by atoms with Crippen molar-refractivity contribution in [2.24, 2.45) is 28.8 Å². The predicted molar refractivity (Wildman–Crippen MR) is 289 cm³/mol. The fraction of sp³-hybridized carbons (Fsp3) is 0.429. The molecule has 4 fully saturated rings. The third-order valence-electron chi connectivity index (χ3n) is 15.7.